The van der Waals surface area contributed by atoms with Crippen molar-refractivity contribution < 1.29 is 9.53 Å². The van der Waals surface area contributed by atoms with Crippen molar-refractivity contribution in [3.63, 3.8) is 0 Å². The second-order valence-electron chi connectivity index (χ2n) is 5.97. The molecule has 0 N–H and O–H groups in total. The molecule has 0 bridgehead atoms. The third-order valence-corrected chi connectivity index (χ3v) is 5.53. The monoisotopic (exact) mass is 329 g/mol. The predicted molar refractivity (Wildman–Crippen MR) is 92.4 cm³/mol. The highest BCUT2D eigenvalue weighted by atomic mass is 32.1. The van der Waals surface area contributed by atoms with Crippen LogP contribution in [0.1, 0.15) is 10.4 Å². The molecule has 0 atom stereocenters. The molecule has 0 aliphatic carbocycles. The minimum atomic E-state index is 0.154. The Morgan fingerprint density at radius 3 is 2.83 bits per heavy atom. The van der Waals surface area contributed by atoms with Crippen molar-refractivity contribution in [1.82, 2.24) is 4.98 Å². The maximum absolute atomic E-state index is 11.9. The Kier molecular flexibility index (Phi) is 3.58. The molecule has 0 radical (unpaired) electrons. The standard InChI is InChI=1S/C17H19N3O2S/c1-11-16(18-17(23-11)20-5-7-22-8-6-20)12-3-4-14-13(9-12)10-15(21)19(14)2/h3-4,9H,5-8,10H2,1-2H3. The van der Waals surface area contributed by atoms with Crippen molar-refractivity contribution in [2.75, 3.05) is 43.2 Å². The van der Waals surface area contributed by atoms with Gasteiger partial charge in [0.1, 0.15) is 0 Å². The minimum Gasteiger partial charge on any atom is -0.378 e. The van der Waals surface area contributed by atoms with E-state index < -0.39 is 0 Å². The van der Waals surface area contributed by atoms with Crippen molar-refractivity contribution >= 4 is 28.1 Å². The van der Waals surface area contributed by atoms with Crippen LogP contribution >= 0.6 is 11.3 Å². The van der Waals surface area contributed by atoms with Crippen molar-refractivity contribution in [1.29, 1.82) is 0 Å². The van der Waals surface area contributed by atoms with Gasteiger partial charge in [-0.05, 0) is 24.6 Å². The summed E-state index contributed by atoms with van der Waals surface area (Å²) in [6, 6.07) is 6.21. The molecule has 1 aromatic heterocycles. The number of fused-ring (bicyclic) bond motifs is 1. The first-order valence-electron chi connectivity index (χ1n) is 7.83. The highest BCUT2D eigenvalue weighted by Gasteiger charge is 2.25. The molecule has 2 aliphatic rings. The zero-order chi connectivity index (χ0) is 16.0. The zero-order valence-electron chi connectivity index (χ0n) is 13.3. The topological polar surface area (TPSA) is 45.7 Å². The largest absolute Gasteiger partial charge is 0.378 e. The highest BCUT2D eigenvalue weighted by molar-refractivity contribution is 7.16. The van der Waals surface area contributed by atoms with E-state index in [1.165, 1.54) is 4.88 Å². The summed E-state index contributed by atoms with van der Waals surface area (Å²) in [5, 5.41) is 1.06. The highest BCUT2D eigenvalue weighted by Crippen LogP contribution is 2.36. The van der Waals surface area contributed by atoms with Crippen molar-refractivity contribution in [2.24, 2.45) is 0 Å². The fourth-order valence-electron chi connectivity index (χ4n) is 3.16. The quantitative estimate of drug-likeness (QED) is 0.849. The van der Waals surface area contributed by atoms with E-state index in [4.69, 9.17) is 9.72 Å². The fourth-order valence-corrected chi connectivity index (χ4v) is 4.14. The van der Waals surface area contributed by atoms with E-state index in [0.717, 1.165) is 53.9 Å². The number of ether oxygens (including phenoxy) is 1. The lowest BCUT2D eigenvalue weighted by molar-refractivity contribution is -0.117. The van der Waals surface area contributed by atoms with Gasteiger partial charge in [-0.15, -0.1) is 11.3 Å². The van der Waals surface area contributed by atoms with Crippen LogP contribution in [-0.4, -0.2) is 44.2 Å². The molecule has 0 saturated carbocycles. The Morgan fingerprint density at radius 1 is 1.26 bits per heavy atom. The number of aromatic nitrogens is 1. The van der Waals surface area contributed by atoms with Crippen molar-refractivity contribution in [3.8, 4) is 11.3 Å². The average molecular weight is 329 g/mol. The molecule has 2 aromatic rings. The van der Waals surface area contributed by atoms with Crippen LogP contribution in [0.2, 0.25) is 0 Å². The zero-order valence-corrected chi connectivity index (χ0v) is 14.2. The Morgan fingerprint density at radius 2 is 2.04 bits per heavy atom. The number of carbonyl (C=O) groups is 1. The Hall–Kier alpha value is -1.92. The summed E-state index contributed by atoms with van der Waals surface area (Å²) in [7, 11) is 1.83. The van der Waals surface area contributed by atoms with Crippen LogP contribution in [0.3, 0.4) is 0 Å². The summed E-state index contributed by atoms with van der Waals surface area (Å²) in [6.45, 7) is 5.44. The Balaban J connectivity index is 1.67. The number of rotatable bonds is 2. The first kappa shape index (κ1) is 14.7. The lowest BCUT2D eigenvalue weighted by Crippen LogP contribution is -2.36. The van der Waals surface area contributed by atoms with Crippen LogP contribution in [0.15, 0.2) is 18.2 Å². The van der Waals surface area contributed by atoms with Gasteiger partial charge in [-0.3, -0.25) is 4.79 Å². The predicted octanol–water partition coefficient (Wildman–Crippen LogP) is 2.47. The van der Waals surface area contributed by atoms with Crippen LogP contribution in [0.4, 0.5) is 10.8 Å². The molecule has 120 valence electrons. The second kappa shape index (κ2) is 5.62. The molecule has 2 aliphatic heterocycles. The van der Waals surface area contributed by atoms with E-state index in [0.29, 0.717) is 6.42 Å². The third-order valence-electron chi connectivity index (χ3n) is 4.50. The smallest absolute Gasteiger partial charge is 0.231 e. The summed E-state index contributed by atoms with van der Waals surface area (Å²) in [4.78, 5) is 21.9. The number of benzene rings is 1. The molecule has 23 heavy (non-hydrogen) atoms. The molecule has 6 heteroatoms. The van der Waals surface area contributed by atoms with E-state index in [-0.39, 0.29) is 5.91 Å². The maximum atomic E-state index is 11.9. The van der Waals surface area contributed by atoms with Gasteiger partial charge in [0, 0.05) is 36.3 Å². The molecule has 3 heterocycles. The number of hydrogen-bond donors (Lipinski definition) is 0. The number of morpholine rings is 1. The molecule has 1 saturated heterocycles. The molecule has 5 nitrogen and oxygen atoms in total. The molecule has 0 spiro atoms. The molecule has 0 unspecified atom stereocenters. The van der Waals surface area contributed by atoms with Gasteiger partial charge >= 0.3 is 0 Å². The molecule has 1 amide bonds. The number of likely N-dealkylation sites (N-methyl/N-ethyl adjacent to an activating group) is 1. The average Bonchev–Trinajstić information content (AvgIpc) is 3.09. The summed E-state index contributed by atoms with van der Waals surface area (Å²) < 4.78 is 5.41. The van der Waals surface area contributed by atoms with Gasteiger partial charge in [0.15, 0.2) is 5.13 Å². The summed E-state index contributed by atoms with van der Waals surface area (Å²) >= 11 is 1.73. The van der Waals surface area contributed by atoms with Gasteiger partial charge < -0.3 is 14.5 Å². The molecule has 1 aromatic carbocycles. The van der Waals surface area contributed by atoms with E-state index in [9.17, 15) is 4.79 Å². The van der Waals surface area contributed by atoms with E-state index >= 15 is 0 Å². The van der Waals surface area contributed by atoms with Gasteiger partial charge in [0.2, 0.25) is 5.91 Å². The van der Waals surface area contributed by atoms with Gasteiger partial charge in [-0.1, -0.05) is 6.07 Å². The first-order valence-corrected chi connectivity index (χ1v) is 8.65. The second-order valence-corrected chi connectivity index (χ2v) is 7.16. The van der Waals surface area contributed by atoms with Crippen molar-refractivity contribution in [2.45, 2.75) is 13.3 Å². The van der Waals surface area contributed by atoms with Gasteiger partial charge in [-0.2, -0.15) is 0 Å². The lowest BCUT2D eigenvalue weighted by atomic mass is 10.1. The maximum Gasteiger partial charge on any atom is 0.231 e. The van der Waals surface area contributed by atoms with E-state index in [2.05, 4.69) is 24.0 Å². The van der Waals surface area contributed by atoms with E-state index in [1.54, 1.807) is 16.2 Å². The third kappa shape index (κ3) is 2.52. The van der Waals surface area contributed by atoms with Gasteiger partial charge in [0.05, 0.1) is 25.3 Å². The summed E-state index contributed by atoms with van der Waals surface area (Å²) in [5.41, 5.74) is 4.23. The van der Waals surface area contributed by atoms with Crippen LogP contribution < -0.4 is 9.80 Å². The molecule has 1 fully saturated rings. The summed E-state index contributed by atoms with van der Waals surface area (Å²) in [5.74, 6) is 0.154. The number of nitrogens with zero attached hydrogens (tertiary/aromatic N) is 3. The molecular formula is C17H19N3O2S. The van der Waals surface area contributed by atoms with E-state index in [1.807, 2.05) is 13.1 Å². The normalized spacial score (nSPS) is 17.7. The lowest BCUT2D eigenvalue weighted by Gasteiger charge is -2.26. The van der Waals surface area contributed by atoms with Crippen LogP contribution in [0.25, 0.3) is 11.3 Å². The number of anilines is 2. The van der Waals surface area contributed by atoms with Gasteiger partial charge in [0.25, 0.3) is 0 Å². The Labute approximate surface area is 139 Å². The van der Waals surface area contributed by atoms with Crippen LogP contribution in [-0.2, 0) is 16.0 Å². The number of amides is 1. The first-order chi connectivity index (χ1) is 11.1. The van der Waals surface area contributed by atoms with Crippen LogP contribution in [0, 0.1) is 6.92 Å². The summed E-state index contributed by atoms with van der Waals surface area (Å²) in [6.07, 6.45) is 0.485. The number of aryl methyl sites for hydroxylation is 1. The number of carbonyl (C=O) groups excluding carboxylic acids is 1. The minimum absolute atomic E-state index is 0.154. The Bertz CT molecular complexity index is 765. The van der Waals surface area contributed by atoms with Crippen molar-refractivity contribution in [3.05, 3.63) is 28.6 Å². The molecule has 4 rings (SSSR count). The fraction of sp³-hybridized carbons (Fsp3) is 0.412. The van der Waals surface area contributed by atoms with Crippen LogP contribution in [0.5, 0.6) is 0 Å². The number of thiazole rings is 1. The SMILES string of the molecule is Cc1sc(N2CCOCC2)nc1-c1ccc2c(c1)CC(=O)N2C. The molecular weight excluding hydrogens is 310 g/mol. The van der Waals surface area contributed by atoms with Gasteiger partial charge in [-0.25, -0.2) is 4.98 Å². The number of hydrogen-bond acceptors (Lipinski definition) is 5.